The Morgan fingerprint density at radius 3 is 1.60 bits per heavy atom. The molecule has 0 aliphatic rings. The third kappa shape index (κ3) is 23.7. The Morgan fingerprint density at radius 1 is 1.60 bits per heavy atom. The molecule has 0 aliphatic carbocycles. The van der Waals surface area contributed by atoms with E-state index in [1.807, 2.05) is 0 Å². The van der Waals surface area contributed by atoms with Crippen molar-refractivity contribution >= 4 is 29.6 Å². The standard InChI is InChI=1S/K.HNO2.Na.H/c;2-1-3;;/h;(H,2,3);;/q+1;;;/p-1. The van der Waals surface area contributed by atoms with Crippen LogP contribution in [0, 0.1) is 10.1 Å². The van der Waals surface area contributed by atoms with E-state index in [4.69, 9.17) is 10.1 Å². The molecule has 0 aromatic carbocycles. The monoisotopic (exact) mass is 109 g/mol. The van der Waals surface area contributed by atoms with Crippen molar-refractivity contribution in [2.75, 3.05) is 0 Å². The van der Waals surface area contributed by atoms with Gasteiger partial charge in [0.15, 0.2) is 0 Å². The predicted octanol–water partition coefficient (Wildman–Crippen LogP) is -3.39. The quantitative estimate of drug-likeness (QED) is 0.185. The predicted molar refractivity (Wildman–Crippen MR) is 16.3 cm³/mol. The summed E-state index contributed by atoms with van der Waals surface area (Å²) in [7, 11) is 0. The fourth-order valence-corrected chi connectivity index (χ4v) is 0. The van der Waals surface area contributed by atoms with Gasteiger partial charge in [-0.25, -0.2) is 0 Å². The minimum absolute atomic E-state index is 0. The van der Waals surface area contributed by atoms with Gasteiger partial charge in [0.25, 0.3) is 0 Å². The molecule has 0 radical (unpaired) electrons. The second-order valence-corrected chi connectivity index (χ2v) is 0.0745. The van der Waals surface area contributed by atoms with E-state index in [1.165, 1.54) is 0 Å². The molecule has 0 atom stereocenters. The second-order valence-electron chi connectivity index (χ2n) is 0.0745. The van der Waals surface area contributed by atoms with Crippen molar-refractivity contribution in [2.45, 2.75) is 0 Å². The fraction of sp³-hybridized carbons (Fsp3) is 0. The van der Waals surface area contributed by atoms with E-state index in [2.05, 4.69) is 0 Å². The third-order valence-electron chi connectivity index (χ3n) is 0. The summed E-state index contributed by atoms with van der Waals surface area (Å²) in [4.78, 5) is 8.00. The summed E-state index contributed by atoms with van der Waals surface area (Å²) in [5.41, 5.74) is 0. The number of rotatable bonds is 0. The first-order valence-corrected chi connectivity index (χ1v) is 0.365. The van der Waals surface area contributed by atoms with Gasteiger partial charge in [0.05, 0.1) is 0 Å². The van der Waals surface area contributed by atoms with E-state index in [9.17, 15) is 0 Å². The molecule has 0 heterocycles. The van der Waals surface area contributed by atoms with E-state index in [0.29, 0.717) is 0 Å². The van der Waals surface area contributed by atoms with Gasteiger partial charge in [-0.05, 0) is 0 Å². The van der Waals surface area contributed by atoms with Gasteiger partial charge in [-0.3, -0.25) is 0 Å². The topological polar surface area (TPSA) is 52.5 Å². The molecule has 5 heavy (non-hydrogen) atoms. The second kappa shape index (κ2) is 16.6. The van der Waals surface area contributed by atoms with E-state index >= 15 is 0 Å². The van der Waals surface area contributed by atoms with E-state index < -0.39 is 0 Å². The van der Waals surface area contributed by atoms with Crippen LogP contribution in [0.2, 0.25) is 0 Å². The van der Waals surface area contributed by atoms with Gasteiger partial charge < -0.3 is 10.1 Å². The summed E-state index contributed by atoms with van der Waals surface area (Å²) in [6.45, 7) is 0. The molecule has 0 fully saturated rings. The Balaban J connectivity index is -0.0000000200. The molecule has 0 N–H and O–H groups in total. The van der Waals surface area contributed by atoms with Crippen LogP contribution in [0.15, 0.2) is 5.34 Å². The van der Waals surface area contributed by atoms with Gasteiger partial charge in [-0.1, -0.05) is 0 Å². The molecule has 0 aromatic rings. The summed E-state index contributed by atoms with van der Waals surface area (Å²) in [5.74, 6) is 0. The van der Waals surface area contributed by atoms with Crippen molar-refractivity contribution < 1.29 is 51.4 Å². The van der Waals surface area contributed by atoms with Crippen molar-refractivity contribution in [3.8, 4) is 0 Å². The van der Waals surface area contributed by atoms with Gasteiger partial charge in [-0.2, -0.15) is 0 Å². The molecule has 0 saturated carbocycles. The maximum atomic E-state index is 8.00. The molecule has 0 saturated heterocycles. The molecule has 0 aliphatic heterocycles. The van der Waals surface area contributed by atoms with Crippen molar-refractivity contribution in [3.05, 3.63) is 10.1 Å². The molecule has 5 heteroatoms. The number of nitrogens with zero attached hydrogens (tertiary/aromatic N) is 1. The van der Waals surface area contributed by atoms with Crippen LogP contribution in [-0.2, 0) is 0 Å². The number of hydrogen-bond acceptors (Lipinski definition) is 3. The summed E-state index contributed by atoms with van der Waals surface area (Å²) in [5, 5.41) is 9.00. The molecular formula is HKNNaO2. The van der Waals surface area contributed by atoms with Gasteiger partial charge in [-0.15, -0.1) is 5.34 Å². The molecule has 0 bridgehead atoms. The SMILES string of the molecule is O=N[O-].[K+].[NaH]. The van der Waals surface area contributed by atoms with Crippen LogP contribution in [-0.4, -0.2) is 29.6 Å². The van der Waals surface area contributed by atoms with E-state index in [1.54, 1.807) is 0 Å². The Hall–Kier alpha value is 2.04. The van der Waals surface area contributed by atoms with E-state index in [-0.39, 0.29) is 80.9 Å². The molecule has 0 unspecified atom stereocenters. The zero-order valence-corrected chi connectivity index (χ0v) is 5.39. The maximum absolute atomic E-state index is 8.00. The molecule has 20 valence electrons. The van der Waals surface area contributed by atoms with Crippen LogP contribution in [0.5, 0.6) is 0 Å². The summed E-state index contributed by atoms with van der Waals surface area (Å²) >= 11 is 0. The fourth-order valence-electron chi connectivity index (χ4n) is 0. The van der Waals surface area contributed by atoms with Gasteiger partial charge >= 0.3 is 80.9 Å². The molecule has 0 aromatic heterocycles. The summed E-state index contributed by atoms with van der Waals surface area (Å²) in [6, 6.07) is 0. The Kier molecular flexibility index (Phi) is 52.3. The molecule has 0 amide bonds. The average Bonchev–Trinajstić information content (AvgIpc) is 0.918. The molecule has 0 spiro atoms. The first-order chi connectivity index (χ1) is 1.41. The molecule has 3 nitrogen and oxygen atoms in total. The van der Waals surface area contributed by atoms with Crippen LogP contribution in [0.25, 0.3) is 0 Å². The Labute approximate surface area is 94.2 Å². The van der Waals surface area contributed by atoms with Gasteiger partial charge in [0.1, 0.15) is 0 Å². The Morgan fingerprint density at radius 2 is 1.60 bits per heavy atom. The first-order valence-electron chi connectivity index (χ1n) is 0.365. The van der Waals surface area contributed by atoms with Gasteiger partial charge in [0.2, 0.25) is 0 Å². The zero-order valence-electron chi connectivity index (χ0n) is 2.26. The normalized spacial score (nSPS) is 2.40. The minimum atomic E-state index is 0. The van der Waals surface area contributed by atoms with Crippen molar-refractivity contribution in [2.24, 2.45) is 5.34 Å². The first kappa shape index (κ1) is 15.7. The Bertz CT molecular complexity index is 17.1. The summed E-state index contributed by atoms with van der Waals surface area (Å²) in [6.07, 6.45) is 0. The van der Waals surface area contributed by atoms with Crippen LogP contribution >= 0.6 is 0 Å². The average molecular weight is 109 g/mol. The van der Waals surface area contributed by atoms with Crippen molar-refractivity contribution in [1.82, 2.24) is 0 Å². The van der Waals surface area contributed by atoms with E-state index in [0.717, 1.165) is 5.34 Å². The van der Waals surface area contributed by atoms with Crippen molar-refractivity contribution in [1.29, 1.82) is 0 Å². The third-order valence-corrected chi connectivity index (χ3v) is 0. The van der Waals surface area contributed by atoms with Crippen LogP contribution in [0.3, 0.4) is 0 Å². The van der Waals surface area contributed by atoms with Gasteiger partial charge in [0, 0.05) is 0 Å². The van der Waals surface area contributed by atoms with Crippen LogP contribution in [0.1, 0.15) is 0 Å². The molecular weight excluding hydrogens is 108 g/mol. The summed E-state index contributed by atoms with van der Waals surface area (Å²) < 4.78 is 0. The van der Waals surface area contributed by atoms with Crippen LogP contribution in [0.4, 0.5) is 0 Å². The number of hydrogen-bond donors (Lipinski definition) is 0. The van der Waals surface area contributed by atoms with Crippen LogP contribution < -0.4 is 51.4 Å². The van der Waals surface area contributed by atoms with Crippen molar-refractivity contribution in [3.63, 3.8) is 0 Å². The zero-order chi connectivity index (χ0) is 2.71. The molecule has 0 rings (SSSR count).